The van der Waals surface area contributed by atoms with Crippen LogP contribution in [0.3, 0.4) is 0 Å². The molecular formula is C12H12N2O3S. The molecule has 0 amide bonds. The summed E-state index contributed by atoms with van der Waals surface area (Å²) in [6, 6.07) is 6.72. The summed E-state index contributed by atoms with van der Waals surface area (Å²) in [5.41, 5.74) is 6.73. The molecule has 0 aliphatic heterocycles. The second kappa shape index (κ2) is 5.14. The zero-order valence-electron chi connectivity index (χ0n) is 9.75. The molecule has 0 spiro atoms. The summed E-state index contributed by atoms with van der Waals surface area (Å²) >= 11 is 1.55. The quantitative estimate of drug-likeness (QED) is 0.396. The summed E-state index contributed by atoms with van der Waals surface area (Å²) in [6.07, 6.45) is 1.62. The van der Waals surface area contributed by atoms with Crippen molar-refractivity contribution in [1.29, 1.82) is 0 Å². The number of hydrogen-bond acceptors (Lipinski definition) is 5. The smallest absolute Gasteiger partial charge is 0.292 e. The number of hydrogen-bond donors (Lipinski definition) is 1. The van der Waals surface area contributed by atoms with E-state index in [2.05, 4.69) is 0 Å². The third kappa shape index (κ3) is 2.48. The highest BCUT2D eigenvalue weighted by atomic mass is 32.2. The van der Waals surface area contributed by atoms with Gasteiger partial charge in [0, 0.05) is 16.7 Å². The average molecular weight is 264 g/mol. The molecule has 0 atom stereocenters. The first-order chi connectivity index (χ1) is 8.59. The monoisotopic (exact) mass is 264 g/mol. The van der Waals surface area contributed by atoms with Crippen LogP contribution in [-0.4, -0.2) is 4.92 Å². The average Bonchev–Trinajstić information content (AvgIpc) is 2.73. The van der Waals surface area contributed by atoms with Crippen molar-refractivity contribution >= 4 is 23.1 Å². The van der Waals surface area contributed by atoms with Crippen molar-refractivity contribution in [2.24, 2.45) is 0 Å². The number of nitrogens with two attached hydrogens (primary N) is 1. The highest BCUT2D eigenvalue weighted by Gasteiger charge is 2.14. The molecule has 0 aliphatic rings. The topological polar surface area (TPSA) is 82.3 Å². The maximum absolute atomic E-state index is 10.8. The van der Waals surface area contributed by atoms with Gasteiger partial charge in [-0.25, -0.2) is 0 Å². The fraction of sp³-hybridized carbons (Fsp3) is 0.167. The number of furan rings is 1. The number of nitro groups is 1. The Bertz CT molecular complexity index is 580. The number of nitro benzene ring substituents is 1. The van der Waals surface area contributed by atoms with Gasteiger partial charge in [0.1, 0.15) is 11.4 Å². The lowest BCUT2D eigenvalue weighted by atomic mass is 10.2. The minimum Gasteiger partial charge on any atom is -0.468 e. The lowest BCUT2D eigenvalue weighted by Gasteiger charge is -2.05. The molecule has 2 aromatic rings. The third-order valence-corrected chi connectivity index (χ3v) is 3.75. The molecule has 0 aliphatic carbocycles. The molecule has 0 fully saturated rings. The molecule has 1 heterocycles. The number of nitrogens with zero attached hydrogens (tertiary/aromatic N) is 1. The number of thioether (sulfide) groups is 1. The van der Waals surface area contributed by atoms with Crippen LogP contribution in [0, 0.1) is 17.0 Å². The van der Waals surface area contributed by atoms with Crippen molar-refractivity contribution < 1.29 is 9.34 Å². The van der Waals surface area contributed by atoms with Crippen molar-refractivity contribution in [1.82, 2.24) is 0 Å². The Morgan fingerprint density at radius 2 is 2.22 bits per heavy atom. The molecule has 2 N–H and O–H groups in total. The minimum absolute atomic E-state index is 0.0444. The van der Waals surface area contributed by atoms with Gasteiger partial charge in [-0.3, -0.25) is 10.1 Å². The number of rotatable bonds is 4. The van der Waals surface area contributed by atoms with Crippen LogP contribution in [0.4, 0.5) is 11.4 Å². The van der Waals surface area contributed by atoms with Crippen LogP contribution >= 0.6 is 11.8 Å². The number of benzene rings is 1. The number of nitrogen functional groups attached to an aromatic ring is 1. The van der Waals surface area contributed by atoms with Gasteiger partial charge in [-0.2, -0.15) is 0 Å². The summed E-state index contributed by atoms with van der Waals surface area (Å²) in [7, 11) is 0. The highest BCUT2D eigenvalue weighted by Crippen LogP contribution is 2.32. The first-order valence-electron chi connectivity index (χ1n) is 5.28. The van der Waals surface area contributed by atoms with Crippen LogP contribution < -0.4 is 5.73 Å². The molecule has 0 unspecified atom stereocenters. The van der Waals surface area contributed by atoms with Gasteiger partial charge in [0.15, 0.2) is 0 Å². The number of para-hydroxylation sites is 1. The van der Waals surface area contributed by atoms with Crippen LogP contribution in [0.15, 0.2) is 39.8 Å². The van der Waals surface area contributed by atoms with Gasteiger partial charge in [-0.1, -0.05) is 12.1 Å². The third-order valence-electron chi connectivity index (χ3n) is 2.56. The van der Waals surface area contributed by atoms with Gasteiger partial charge in [0.2, 0.25) is 0 Å². The van der Waals surface area contributed by atoms with E-state index in [0.717, 1.165) is 16.2 Å². The van der Waals surface area contributed by atoms with E-state index < -0.39 is 4.92 Å². The normalized spacial score (nSPS) is 10.5. The molecule has 1 aromatic heterocycles. The van der Waals surface area contributed by atoms with Crippen LogP contribution in [0.5, 0.6) is 0 Å². The van der Waals surface area contributed by atoms with Crippen molar-refractivity contribution in [2.45, 2.75) is 17.6 Å². The standard InChI is InChI=1S/C12H12N2O3S/c1-8-11(5-6-17-8)18-7-9-3-2-4-10(12(9)13)14(15)16/h2-6H,7,13H2,1H3. The van der Waals surface area contributed by atoms with E-state index in [4.69, 9.17) is 10.2 Å². The molecule has 0 saturated heterocycles. The van der Waals surface area contributed by atoms with E-state index in [9.17, 15) is 10.1 Å². The van der Waals surface area contributed by atoms with E-state index in [1.54, 1.807) is 30.2 Å². The molecular weight excluding hydrogens is 252 g/mol. The van der Waals surface area contributed by atoms with Crippen molar-refractivity contribution in [3.63, 3.8) is 0 Å². The van der Waals surface area contributed by atoms with Gasteiger partial charge in [0.25, 0.3) is 5.69 Å². The van der Waals surface area contributed by atoms with Gasteiger partial charge >= 0.3 is 0 Å². The van der Waals surface area contributed by atoms with E-state index in [0.29, 0.717) is 5.75 Å². The zero-order chi connectivity index (χ0) is 13.1. The SMILES string of the molecule is Cc1occc1SCc1cccc([N+](=O)[O-])c1N. The Kier molecular flexibility index (Phi) is 3.57. The van der Waals surface area contributed by atoms with Crippen molar-refractivity contribution in [3.8, 4) is 0 Å². The van der Waals surface area contributed by atoms with Crippen molar-refractivity contribution in [3.05, 3.63) is 52.0 Å². The minimum atomic E-state index is -0.466. The van der Waals surface area contributed by atoms with Crippen LogP contribution in [0.25, 0.3) is 0 Å². The summed E-state index contributed by atoms with van der Waals surface area (Å²) in [6.45, 7) is 1.87. The Balaban J connectivity index is 2.17. The zero-order valence-corrected chi connectivity index (χ0v) is 10.6. The van der Waals surface area contributed by atoms with Crippen LogP contribution in [0.2, 0.25) is 0 Å². The van der Waals surface area contributed by atoms with E-state index in [-0.39, 0.29) is 11.4 Å². The Labute approximate surface area is 108 Å². The molecule has 0 bridgehead atoms. The second-order valence-electron chi connectivity index (χ2n) is 3.74. The van der Waals surface area contributed by atoms with E-state index >= 15 is 0 Å². The first-order valence-corrected chi connectivity index (χ1v) is 6.27. The van der Waals surface area contributed by atoms with Gasteiger partial charge in [-0.05, 0) is 18.6 Å². The Morgan fingerprint density at radius 1 is 1.44 bits per heavy atom. The molecule has 6 heteroatoms. The molecule has 5 nitrogen and oxygen atoms in total. The first kappa shape index (κ1) is 12.5. The predicted molar refractivity (Wildman–Crippen MR) is 70.5 cm³/mol. The summed E-state index contributed by atoms with van der Waals surface area (Å²) in [4.78, 5) is 11.3. The number of anilines is 1. The van der Waals surface area contributed by atoms with Gasteiger partial charge in [-0.15, -0.1) is 11.8 Å². The number of aryl methyl sites for hydroxylation is 1. The maximum Gasteiger partial charge on any atom is 0.292 e. The summed E-state index contributed by atoms with van der Waals surface area (Å²) in [5.74, 6) is 1.41. The van der Waals surface area contributed by atoms with Crippen molar-refractivity contribution in [2.75, 3.05) is 5.73 Å². The summed E-state index contributed by atoms with van der Waals surface area (Å²) < 4.78 is 5.18. The molecule has 1 aromatic carbocycles. The Hall–Kier alpha value is -1.95. The second-order valence-corrected chi connectivity index (χ2v) is 4.75. The molecule has 0 saturated carbocycles. The van der Waals surface area contributed by atoms with Gasteiger partial charge < -0.3 is 10.2 Å². The molecule has 0 radical (unpaired) electrons. The largest absolute Gasteiger partial charge is 0.468 e. The lowest BCUT2D eigenvalue weighted by Crippen LogP contribution is -1.99. The predicted octanol–water partition coefficient (Wildman–Crippen LogP) is 3.37. The Morgan fingerprint density at radius 3 is 2.83 bits per heavy atom. The molecule has 94 valence electrons. The fourth-order valence-electron chi connectivity index (χ4n) is 1.56. The fourth-order valence-corrected chi connectivity index (χ4v) is 2.53. The lowest BCUT2D eigenvalue weighted by molar-refractivity contribution is -0.383. The molecule has 2 rings (SSSR count). The van der Waals surface area contributed by atoms with E-state index in [1.807, 2.05) is 13.0 Å². The van der Waals surface area contributed by atoms with Crippen LogP contribution in [0.1, 0.15) is 11.3 Å². The molecule has 18 heavy (non-hydrogen) atoms. The van der Waals surface area contributed by atoms with Gasteiger partial charge in [0.05, 0.1) is 11.2 Å². The summed E-state index contributed by atoms with van der Waals surface area (Å²) in [5, 5.41) is 10.8. The highest BCUT2D eigenvalue weighted by molar-refractivity contribution is 7.98. The van der Waals surface area contributed by atoms with E-state index in [1.165, 1.54) is 6.07 Å². The van der Waals surface area contributed by atoms with Crippen LogP contribution in [-0.2, 0) is 5.75 Å². The maximum atomic E-state index is 10.8.